The number of nitrogens with two attached hydrogens (primary N) is 1. The molecule has 1 amide bonds. The van der Waals surface area contributed by atoms with Gasteiger partial charge in [-0.1, -0.05) is 25.0 Å². The highest BCUT2D eigenvalue weighted by molar-refractivity contribution is 5.82. The van der Waals surface area contributed by atoms with Gasteiger partial charge < -0.3 is 20.7 Å². The Kier molecular flexibility index (Phi) is 6.92. The first-order valence-corrected chi connectivity index (χ1v) is 10.1. The predicted octanol–water partition coefficient (Wildman–Crippen LogP) is 2.65. The molecule has 144 valence electrons. The zero-order valence-corrected chi connectivity index (χ0v) is 16.0. The molecule has 5 heteroatoms. The van der Waals surface area contributed by atoms with Gasteiger partial charge >= 0.3 is 0 Å². The lowest BCUT2D eigenvalue weighted by atomic mass is 9.80. The van der Waals surface area contributed by atoms with Gasteiger partial charge in [-0.3, -0.25) is 4.79 Å². The highest BCUT2D eigenvalue weighted by atomic mass is 16.5. The summed E-state index contributed by atoms with van der Waals surface area (Å²) in [6.45, 7) is 2.28. The van der Waals surface area contributed by atoms with Crippen LogP contribution < -0.4 is 15.8 Å². The van der Waals surface area contributed by atoms with Crippen molar-refractivity contribution < 1.29 is 9.53 Å². The number of piperidine rings is 1. The summed E-state index contributed by atoms with van der Waals surface area (Å²) in [5.41, 5.74) is 7.54. The van der Waals surface area contributed by atoms with Crippen molar-refractivity contribution in [3.8, 4) is 5.75 Å². The van der Waals surface area contributed by atoms with Gasteiger partial charge in [0.15, 0.2) is 0 Å². The first kappa shape index (κ1) is 19.2. The fourth-order valence-electron chi connectivity index (χ4n) is 4.36. The molecule has 1 aliphatic carbocycles. The van der Waals surface area contributed by atoms with Crippen molar-refractivity contribution in [2.24, 2.45) is 5.73 Å². The van der Waals surface area contributed by atoms with Crippen molar-refractivity contribution in [2.45, 2.75) is 62.9 Å². The second-order valence-electron chi connectivity index (χ2n) is 7.67. The Balaban J connectivity index is 1.58. The zero-order valence-electron chi connectivity index (χ0n) is 16.0. The number of nitrogens with one attached hydrogen (secondary N) is 1. The molecule has 3 unspecified atom stereocenters. The Morgan fingerprint density at radius 3 is 2.77 bits per heavy atom. The molecule has 5 nitrogen and oxygen atoms in total. The molecule has 3 rings (SSSR count). The van der Waals surface area contributed by atoms with Crippen LogP contribution in [0.1, 0.15) is 56.4 Å². The molecular weight excluding hydrogens is 326 g/mol. The average molecular weight is 360 g/mol. The molecular formula is C21H33N3O2. The van der Waals surface area contributed by atoms with E-state index < -0.39 is 6.04 Å². The lowest BCUT2D eigenvalue weighted by Crippen LogP contribution is -2.52. The number of ether oxygens (including phenoxy) is 1. The fourth-order valence-corrected chi connectivity index (χ4v) is 4.36. The van der Waals surface area contributed by atoms with E-state index in [9.17, 15) is 4.79 Å². The minimum Gasteiger partial charge on any atom is -0.497 e. The van der Waals surface area contributed by atoms with Gasteiger partial charge in [-0.2, -0.15) is 0 Å². The lowest BCUT2D eigenvalue weighted by molar-refractivity contribution is -0.133. The van der Waals surface area contributed by atoms with E-state index in [0.717, 1.165) is 38.1 Å². The standard InChI is InChI=1S/C21H33N3O2/c1-26-17-9-7-8-16(14-17)18-10-3-4-11-20(18)23-15-19(22)21(25)24-12-5-2-6-13-24/h7-9,14,18-20,23H,2-6,10-13,15,22H2,1H3. The van der Waals surface area contributed by atoms with Gasteiger partial charge in [-0.25, -0.2) is 0 Å². The highest BCUT2D eigenvalue weighted by Crippen LogP contribution is 2.34. The van der Waals surface area contributed by atoms with Crippen molar-refractivity contribution in [3.05, 3.63) is 29.8 Å². The van der Waals surface area contributed by atoms with E-state index in [1.165, 1.54) is 31.2 Å². The van der Waals surface area contributed by atoms with Crippen LogP contribution >= 0.6 is 0 Å². The topological polar surface area (TPSA) is 67.6 Å². The molecule has 0 aromatic heterocycles. The summed E-state index contributed by atoms with van der Waals surface area (Å²) in [5.74, 6) is 1.46. The second-order valence-corrected chi connectivity index (χ2v) is 7.67. The molecule has 2 aliphatic rings. The molecule has 3 atom stereocenters. The SMILES string of the molecule is COc1cccc(C2CCCCC2NCC(N)C(=O)N2CCCCC2)c1. The molecule has 1 aromatic carbocycles. The van der Waals surface area contributed by atoms with Gasteiger partial charge in [0.1, 0.15) is 5.75 Å². The largest absolute Gasteiger partial charge is 0.497 e. The van der Waals surface area contributed by atoms with Gasteiger partial charge in [0, 0.05) is 25.7 Å². The van der Waals surface area contributed by atoms with Crippen molar-refractivity contribution in [2.75, 3.05) is 26.7 Å². The van der Waals surface area contributed by atoms with Crippen LogP contribution in [0.2, 0.25) is 0 Å². The fraction of sp³-hybridized carbons (Fsp3) is 0.667. The number of hydrogen-bond donors (Lipinski definition) is 2. The van der Waals surface area contributed by atoms with Gasteiger partial charge in [0.2, 0.25) is 5.91 Å². The van der Waals surface area contributed by atoms with E-state index in [0.29, 0.717) is 18.5 Å². The molecule has 1 aliphatic heterocycles. The van der Waals surface area contributed by atoms with Crippen LogP contribution in [0.15, 0.2) is 24.3 Å². The summed E-state index contributed by atoms with van der Waals surface area (Å²) in [5, 5.41) is 3.61. The maximum absolute atomic E-state index is 12.6. The third-order valence-electron chi connectivity index (χ3n) is 5.87. The summed E-state index contributed by atoms with van der Waals surface area (Å²) < 4.78 is 5.39. The Morgan fingerprint density at radius 1 is 1.23 bits per heavy atom. The molecule has 0 bridgehead atoms. The molecule has 1 saturated heterocycles. The third-order valence-corrected chi connectivity index (χ3v) is 5.87. The van der Waals surface area contributed by atoms with Crippen LogP contribution in [-0.2, 0) is 4.79 Å². The number of rotatable bonds is 6. The Bertz CT molecular complexity index is 586. The number of nitrogens with zero attached hydrogens (tertiary/aromatic N) is 1. The minimum atomic E-state index is -0.444. The number of methoxy groups -OCH3 is 1. The molecule has 1 saturated carbocycles. The Hall–Kier alpha value is -1.59. The lowest BCUT2D eigenvalue weighted by Gasteiger charge is -2.34. The summed E-state index contributed by atoms with van der Waals surface area (Å²) in [4.78, 5) is 14.5. The van der Waals surface area contributed by atoms with Crippen molar-refractivity contribution >= 4 is 5.91 Å². The van der Waals surface area contributed by atoms with Gasteiger partial charge in [0.25, 0.3) is 0 Å². The van der Waals surface area contributed by atoms with Crippen LogP contribution in [0.3, 0.4) is 0 Å². The summed E-state index contributed by atoms with van der Waals surface area (Å²) in [6, 6.07) is 8.31. The highest BCUT2D eigenvalue weighted by Gasteiger charge is 2.28. The Morgan fingerprint density at radius 2 is 2.00 bits per heavy atom. The first-order chi connectivity index (χ1) is 12.7. The number of hydrogen-bond acceptors (Lipinski definition) is 4. The quantitative estimate of drug-likeness (QED) is 0.819. The molecule has 3 N–H and O–H groups in total. The van der Waals surface area contributed by atoms with Crippen LogP contribution in [0, 0.1) is 0 Å². The van der Waals surface area contributed by atoms with Gasteiger partial charge in [-0.05, 0) is 55.7 Å². The number of carbonyl (C=O) groups excluding carboxylic acids is 1. The molecule has 0 spiro atoms. The summed E-state index contributed by atoms with van der Waals surface area (Å²) in [6.07, 6.45) is 8.21. The monoisotopic (exact) mass is 359 g/mol. The third kappa shape index (κ3) is 4.77. The molecule has 26 heavy (non-hydrogen) atoms. The minimum absolute atomic E-state index is 0.103. The molecule has 2 fully saturated rings. The van der Waals surface area contributed by atoms with E-state index in [1.807, 2.05) is 11.0 Å². The number of likely N-dealkylation sites (tertiary alicyclic amines) is 1. The van der Waals surface area contributed by atoms with Crippen molar-refractivity contribution in [1.82, 2.24) is 10.2 Å². The van der Waals surface area contributed by atoms with Crippen molar-refractivity contribution in [3.63, 3.8) is 0 Å². The van der Waals surface area contributed by atoms with E-state index in [-0.39, 0.29) is 5.91 Å². The predicted molar refractivity (Wildman–Crippen MR) is 104 cm³/mol. The maximum atomic E-state index is 12.6. The number of benzene rings is 1. The van der Waals surface area contributed by atoms with E-state index in [1.54, 1.807) is 7.11 Å². The van der Waals surface area contributed by atoms with Gasteiger partial charge in [0.05, 0.1) is 13.2 Å². The molecule has 1 heterocycles. The second kappa shape index (κ2) is 9.38. The van der Waals surface area contributed by atoms with Crippen LogP contribution in [-0.4, -0.2) is 49.6 Å². The summed E-state index contributed by atoms with van der Waals surface area (Å²) in [7, 11) is 1.71. The maximum Gasteiger partial charge on any atom is 0.240 e. The normalized spacial score (nSPS) is 24.9. The smallest absolute Gasteiger partial charge is 0.240 e. The van der Waals surface area contributed by atoms with Crippen LogP contribution in [0.4, 0.5) is 0 Å². The average Bonchev–Trinajstić information content (AvgIpc) is 2.72. The molecule has 1 aromatic rings. The number of carbonyl (C=O) groups is 1. The molecule has 0 radical (unpaired) electrons. The van der Waals surface area contributed by atoms with E-state index in [4.69, 9.17) is 10.5 Å². The van der Waals surface area contributed by atoms with Crippen LogP contribution in [0.25, 0.3) is 0 Å². The van der Waals surface area contributed by atoms with Crippen molar-refractivity contribution in [1.29, 1.82) is 0 Å². The van der Waals surface area contributed by atoms with Gasteiger partial charge in [-0.15, -0.1) is 0 Å². The van der Waals surface area contributed by atoms with E-state index in [2.05, 4.69) is 23.5 Å². The zero-order chi connectivity index (χ0) is 18.4. The first-order valence-electron chi connectivity index (χ1n) is 10.1. The Labute approximate surface area is 157 Å². The number of amides is 1. The summed E-state index contributed by atoms with van der Waals surface area (Å²) >= 11 is 0. The van der Waals surface area contributed by atoms with Crippen LogP contribution in [0.5, 0.6) is 5.75 Å². The van der Waals surface area contributed by atoms with E-state index >= 15 is 0 Å².